The fraction of sp³-hybridized carbons (Fsp3) is 0.955. The largest absolute Gasteiger partial charge is 0.444 e. The molecule has 2 unspecified atom stereocenters. The summed E-state index contributed by atoms with van der Waals surface area (Å²) in [7, 11) is -1.74. The van der Waals surface area contributed by atoms with Gasteiger partial charge in [0.1, 0.15) is 5.60 Å². The zero-order valence-corrected chi connectivity index (χ0v) is 20.4. The summed E-state index contributed by atoms with van der Waals surface area (Å²) in [6, 6.07) is 0.183. The number of nitrogens with zero attached hydrogens (tertiary/aromatic N) is 1. The van der Waals surface area contributed by atoms with Crippen LogP contribution in [-0.4, -0.2) is 54.3 Å². The maximum Gasteiger partial charge on any atom is 0.410 e. The van der Waals surface area contributed by atoms with Crippen molar-refractivity contribution in [3.63, 3.8) is 0 Å². The molecule has 1 amide bonds. The second-order valence-corrected chi connectivity index (χ2v) is 16.3. The van der Waals surface area contributed by atoms with E-state index in [1.54, 1.807) is 0 Å². The number of rotatable bonds is 5. The first-order chi connectivity index (χ1) is 12.6. The highest BCUT2D eigenvalue weighted by Gasteiger charge is 2.48. The Hall–Kier alpha value is -0.593. The van der Waals surface area contributed by atoms with Gasteiger partial charge in [-0.15, -0.1) is 0 Å². The number of hydrogen-bond acceptors (Lipinski definition) is 4. The van der Waals surface area contributed by atoms with Crippen molar-refractivity contribution in [2.24, 2.45) is 0 Å². The Bertz CT molecular complexity index is 536. The van der Waals surface area contributed by atoms with Crippen molar-refractivity contribution >= 4 is 14.4 Å². The van der Waals surface area contributed by atoms with E-state index in [1.807, 2.05) is 25.7 Å². The number of amides is 1. The van der Waals surface area contributed by atoms with Crippen molar-refractivity contribution in [1.82, 2.24) is 4.90 Å². The smallest absolute Gasteiger partial charge is 0.410 e. The molecule has 1 N–H and O–H groups in total. The average Bonchev–Trinajstić information content (AvgIpc) is 2.48. The van der Waals surface area contributed by atoms with Crippen LogP contribution in [0.15, 0.2) is 0 Å². The summed E-state index contributed by atoms with van der Waals surface area (Å²) in [6.07, 6.45) is 5.75. The predicted molar refractivity (Wildman–Crippen MR) is 116 cm³/mol. The number of ether oxygens (including phenoxy) is 1. The van der Waals surface area contributed by atoms with Crippen LogP contribution in [0.1, 0.15) is 86.5 Å². The minimum Gasteiger partial charge on any atom is -0.444 e. The lowest BCUT2D eigenvalue weighted by Gasteiger charge is -2.52. The zero-order chi connectivity index (χ0) is 21.4. The molecule has 2 heterocycles. The van der Waals surface area contributed by atoms with E-state index in [0.717, 1.165) is 32.1 Å². The number of piperidine rings is 2. The van der Waals surface area contributed by atoms with Gasteiger partial charge in [0.05, 0.1) is 5.60 Å². The second-order valence-electron chi connectivity index (χ2n) is 11.5. The van der Waals surface area contributed by atoms with E-state index in [0.29, 0.717) is 19.4 Å². The Morgan fingerprint density at radius 2 is 1.64 bits per heavy atom. The molecule has 5 nitrogen and oxygen atoms in total. The van der Waals surface area contributed by atoms with Crippen LogP contribution >= 0.6 is 0 Å². The van der Waals surface area contributed by atoms with Gasteiger partial charge < -0.3 is 19.2 Å². The molecule has 0 spiro atoms. The number of hydrogen-bond donors (Lipinski definition) is 1. The predicted octanol–water partition coefficient (Wildman–Crippen LogP) is 5.47. The molecule has 6 heteroatoms. The first-order valence-electron chi connectivity index (χ1n) is 11.0. The summed E-state index contributed by atoms with van der Waals surface area (Å²) >= 11 is 0. The van der Waals surface area contributed by atoms with Crippen LogP contribution in [0.3, 0.4) is 0 Å². The summed E-state index contributed by atoms with van der Waals surface area (Å²) in [4.78, 5) is 14.6. The van der Waals surface area contributed by atoms with E-state index < -0.39 is 19.5 Å². The lowest BCUT2D eigenvalue weighted by molar-refractivity contribution is -0.0973. The lowest BCUT2D eigenvalue weighted by atomic mass is 9.74. The summed E-state index contributed by atoms with van der Waals surface area (Å²) in [5.74, 6) is 0. The van der Waals surface area contributed by atoms with Crippen molar-refractivity contribution in [3.8, 4) is 0 Å². The Kier molecular flexibility index (Phi) is 6.99. The van der Waals surface area contributed by atoms with Crippen LogP contribution in [0.5, 0.6) is 0 Å². The number of fused-ring (bicyclic) bond motifs is 2. The Balaban J connectivity index is 1.92. The van der Waals surface area contributed by atoms with Crippen molar-refractivity contribution in [3.05, 3.63) is 0 Å². The van der Waals surface area contributed by atoms with Gasteiger partial charge in [0.25, 0.3) is 0 Å². The monoisotopic (exact) mass is 413 g/mol. The number of carbonyl (C=O) groups excluding carboxylic acids is 1. The molecule has 0 saturated carbocycles. The first kappa shape index (κ1) is 23.7. The molecular formula is C22H43NO4Si. The van der Waals surface area contributed by atoms with Crippen molar-refractivity contribution < 1.29 is 19.1 Å². The molecule has 0 aliphatic carbocycles. The fourth-order valence-electron chi connectivity index (χ4n) is 4.29. The highest BCUT2D eigenvalue weighted by atomic mass is 28.4. The van der Waals surface area contributed by atoms with Gasteiger partial charge in [0, 0.05) is 18.7 Å². The molecular weight excluding hydrogens is 370 g/mol. The Labute approximate surface area is 173 Å². The lowest BCUT2D eigenvalue weighted by Crippen LogP contribution is -2.60. The number of carbonyl (C=O) groups is 1. The van der Waals surface area contributed by atoms with E-state index in [-0.39, 0.29) is 23.2 Å². The fourth-order valence-corrected chi connectivity index (χ4v) is 5.38. The van der Waals surface area contributed by atoms with Gasteiger partial charge in [-0.1, -0.05) is 20.8 Å². The van der Waals surface area contributed by atoms with E-state index >= 15 is 0 Å². The molecule has 2 saturated heterocycles. The van der Waals surface area contributed by atoms with Crippen LogP contribution in [0.2, 0.25) is 18.1 Å². The Morgan fingerprint density at radius 1 is 1.11 bits per heavy atom. The molecule has 164 valence electrons. The van der Waals surface area contributed by atoms with Gasteiger partial charge in [0.15, 0.2) is 8.32 Å². The second kappa shape index (κ2) is 8.27. The van der Waals surface area contributed by atoms with E-state index in [1.165, 1.54) is 0 Å². The van der Waals surface area contributed by atoms with Crippen LogP contribution in [0, 0.1) is 0 Å². The molecule has 2 aliphatic rings. The normalized spacial score (nSPS) is 29.0. The van der Waals surface area contributed by atoms with Crippen LogP contribution in [0.4, 0.5) is 4.79 Å². The van der Waals surface area contributed by atoms with Gasteiger partial charge >= 0.3 is 6.09 Å². The van der Waals surface area contributed by atoms with E-state index in [2.05, 4.69) is 33.9 Å². The van der Waals surface area contributed by atoms with E-state index in [9.17, 15) is 9.90 Å². The summed E-state index contributed by atoms with van der Waals surface area (Å²) in [5.41, 5.74) is -1.18. The molecule has 2 rings (SSSR count). The maximum atomic E-state index is 12.7. The van der Waals surface area contributed by atoms with Gasteiger partial charge in [0.2, 0.25) is 0 Å². The molecule has 2 aliphatic heterocycles. The summed E-state index contributed by atoms with van der Waals surface area (Å²) < 4.78 is 11.9. The standard InChI is InChI=1S/C22H43NO4Si/c1-20(2,3)27-19(24)23-17-11-9-12-18(23)16-22(25,15-17)13-10-14-26-28(7,8)21(4,5)6/h17-18,25H,9-16H2,1-8H3. The molecule has 0 aromatic heterocycles. The van der Waals surface area contributed by atoms with Gasteiger partial charge in [-0.3, -0.25) is 0 Å². The third-order valence-corrected chi connectivity index (χ3v) is 11.3. The number of aliphatic hydroxyl groups is 1. The quantitative estimate of drug-likeness (QED) is 0.479. The maximum absolute atomic E-state index is 12.7. The molecule has 2 atom stereocenters. The SMILES string of the molecule is CC(C)(C)OC(=O)N1C2CCCC1CC(O)(CCCO[Si](C)(C)C(C)(C)C)C2. The molecule has 28 heavy (non-hydrogen) atoms. The molecule has 0 aromatic rings. The molecule has 2 fully saturated rings. The van der Waals surface area contributed by atoms with Gasteiger partial charge in [-0.2, -0.15) is 0 Å². The third kappa shape index (κ3) is 5.96. The van der Waals surface area contributed by atoms with Crippen molar-refractivity contribution in [1.29, 1.82) is 0 Å². The minimum atomic E-state index is -1.74. The average molecular weight is 414 g/mol. The van der Waals surface area contributed by atoms with Gasteiger partial charge in [-0.05, 0) is 83.8 Å². The van der Waals surface area contributed by atoms with Crippen molar-refractivity contribution in [2.45, 2.75) is 128 Å². The van der Waals surface area contributed by atoms with Crippen LogP contribution < -0.4 is 0 Å². The zero-order valence-electron chi connectivity index (χ0n) is 19.4. The molecule has 0 aromatic carbocycles. The minimum absolute atomic E-state index is 0.0914. The van der Waals surface area contributed by atoms with E-state index in [4.69, 9.17) is 9.16 Å². The summed E-state index contributed by atoms with van der Waals surface area (Å²) in [5, 5.41) is 11.5. The topological polar surface area (TPSA) is 59.0 Å². The van der Waals surface area contributed by atoms with Gasteiger partial charge in [-0.25, -0.2) is 4.79 Å². The summed E-state index contributed by atoms with van der Waals surface area (Å²) in [6.45, 7) is 17.7. The molecule has 2 bridgehead atoms. The third-order valence-electron chi connectivity index (χ3n) is 6.75. The molecule has 0 radical (unpaired) electrons. The van der Waals surface area contributed by atoms with Crippen LogP contribution in [0.25, 0.3) is 0 Å². The highest BCUT2D eigenvalue weighted by molar-refractivity contribution is 6.74. The highest BCUT2D eigenvalue weighted by Crippen LogP contribution is 2.42. The van der Waals surface area contributed by atoms with Crippen LogP contribution in [-0.2, 0) is 9.16 Å². The first-order valence-corrected chi connectivity index (χ1v) is 13.9. The Morgan fingerprint density at radius 3 is 2.11 bits per heavy atom. The van der Waals surface area contributed by atoms with Crippen molar-refractivity contribution in [2.75, 3.05) is 6.61 Å².